The number of nitrogens with one attached hydrogen (secondary N) is 1. The third-order valence-corrected chi connectivity index (χ3v) is 4.98. The van der Waals surface area contributed by atoms with Crippen molar-refractivity contribution < 1.29 is 34.3 Å². The fourth-order valence-corrected chi connectivity index (χ4v) is 3.54. The van der Waals surface area contributed by atoms with Gasteiger partial charge in [0, 0.05) is 0 Å². The van der Waals surface area contributed by atoms with Crippen LogP contribution in [0.2, 0.25) is 0 Å². The SMILES string of the molecule is N#CC1CCCN1C(=O)CNC(=O)c1ccnc2ccc([At])cc12. The summed E-state index contributed by atoms with van der Waals surface area (Å²) >= 11 is 1.53. The first kappa shape index (κ1) is 16.8. The average Bonchev–Trinajstić information content (AvgIpc) is 3.07. The van der Waals surface area contributed by atoms with E-state index in [1.54, 1.807) is 12.3 Å². The van der Waals surface area contributed by atoms with E-state index in [9.17, 15) is 9.59 Å². The van der Waals surface area contributed by atoms with Gasteiger partial charge >= 0.3 is 155 Å². The van der Waals surface area contributed by atoms with Crippen LogP contribution in [0.1, 0.15) is 23.2 Å². The van der Waals surface area contributed by atoms with Crippen LogP contribution in [-0.4, -0.2) is 40.8 Å². The van der Waals surface area contributed by atoms with Gasteiger partial charge in [-0.25, -0.2) is 0 Å². The van der Waals surface area contributed by atoms with Crippen LogP contribution in [0, 0.1) is 36.1 Å². The van der Waals surface area contributed by atoms with Gasteiger partial charge < -0.3 is 0 Å². The predicted octanol–water partition coefficient (Wildman–Crippen LogP) is 0.654. The van der Waals surface area contributed by atoms with E-state index in [2.05, 4.69) is 16.4 Å². The zero-order chi connectivity index (χ0) is 17.1. The molecule has 1 saturated heterocycles. The molecule has 1 N–H and O–H groups in total. The molecule has 1 aliphatic heterocycles. The molecule has 1 aromatic heterocycles. The van der Waals surface area contributed by atoms with Crippen molar-refractivity contribution >= 4 is 26.0 Å². The number of carbonyl (C=O) groups is 2. The second-order valence-electron chi connectivity index (χ2n) is 5.58. The van der Waals surface area contributed by atoms with Crippen LogP contribution in [0.4, 0.5) is 0 Å². The van der Waals surface area contributed by atoms with Crippen molar-refractivity contribution in [2.75, 3.05) is 13.1 Å². The number of pyridine rings is 1. The number of rotatable bonds is 3. The van der Waals surface area contributed by atoms with Crippen LogP contribution in [0.25, 0.3) is 10.9 Å². The van der Waals surface area contributed by atoms with Crippen LogP contribution in [0.15, 0.2) is 30.5 Å². The van der Waals surface area contributed by atoms with Crippen LogP contribution in [-0.2, 0) is 4.79 Å². The Bertz CT molecular complexity index is 846. The fraction of sp³-hybridized carbons (Fsp3) is 0.294. The van der Waals surface area contributed by atoms with E-state index in [1.165, 1.54) is 29.6 Å². The maximum atomic E-state index is 12.5. The van der Waals surface area contributed by atoms with Gasteiger partial charge in [0.25, 0.3) is 0 Å². The van der Waals surface area contributed by atoms with Gasteiger partial charge in [-0.2, -0.15) is 0 Å². The van der Waals surface area contributed by atoms with Crippen molar-refractivity contribution in [3.8, 4) is 6.07 Å². The van der Waals surface area contributed by atoms with Gasteiger partial charge in [-0.05, 0) is 0 Å². The van der Waals surface area contributed by atoms with Gasteiger partial charge in [0.1, 0.15) is 0 Å². The van der Waals surface area contributed by atoms with Gasteiger partial charge in [0.05, 0.1) is 0 Å². The molecule has 2 aromatic rings. The van der Waals surface area contributed by atoms with Crippen molar-refractivity contribution in [2.24, 2.45) is 0 Å². The zero-order valence-electron chi connectivity index (χ0n) is 12.8. The van der Waals surface area contributed by atoms with E-state index in [0.29, 0.717) is 18.5 Å². The molecule has 3 rings (SSSR count). The van der Waals surface area contributed by atoms with Crippen molar-refractivity contribution in [3.63, 3.8) is 0 Å². The molecular formula is C17H15AtN4O2. The minimum absolute atomic E-state index is 0.101. The van der Waals surface area contributed by atoms with Gasteiger partial charge in [-0.15, -0.1) is 0 Å². The molecular weight excluding hydrogens is 502 g/mol. The summed E-state index contributed by atoms with van der Waals surface area (Å²) < 4.78 is 1.09. The molecule has 7 heteroatoms. The standard InChI is InChI=1S/C17H15AtN4O2/c18-11-3-4-15-14(8-11)13(5-6-20-15)17(24)21-10-16(23)22-7-1-2-12(22)9-19/h3-6,8,12H,1-2,7,10H2,(H,21,24). The Balaban J connectivity index is 1.73. The summed E-state index contributed by atoms with van der Waals surface area (Å²) in [5.41, 5.74) is 1.25. The van der Waals surface area contributed by atoms with E-state index >= 15 is 0 Å². The van der Waals surface area contributed by atoms with E-state index in [0.717, 1.165) is 20.6 Å². The predicted molar refractivity (Wildman–Crippen MR) is 84.1 cm³/mol. The summed E-state index contributed by atoms with van der Waals surface area (Å²) in [6, 6.07) is 9.19. The topological polar surface area (TPSA) is 86.1 Å². The summed E-state index contributed by atoms with van der Waals surface area (Å²) in [4.78, 5) is 30.5. The van der Waals surface area contributed by atoms with Crippen molar-refractivity contribution in [2.45, 2.75) is 18.9 Å². The number of hydrogen-bond acceptors (Lipinski definition) is 4. The van der Waals surface area contributed by atoms with E-state index in [-0.39, 0.29) is 24.4 Å². The summed E-state index contributed by atoms with van der Waals surface area (Å²) in [6.45, 7) is 0.475. The third kappa shape index (κ3) is 3.39. The number of nitrogens with zero attached hydrogens (tertiary/aromatic N) is 3. The second kappa shape index (κ2) is 7.23. The molecule has 0 radical (unpaired) electrons. The molecule has 0 spiro atoms. The Hall–Kier alpha value is -2.06. The number of likely N-dealkylation sites (tertiary alicyclic amines) is 1. The summed E-state index contributed by atoms with van der Waals surface area (Å²) in [5, 5.41) is 12.5. The monoisotopic (exact) mass is 517 g/mol. The van der Waals surface area contributed by atoms with Gasteiger partial charge in [0.15, 0.2) is 0 Å². The molecule has 1 fully saturated rings. The molecule has 122 valence electrons. The number of aromatic nitrogens is 1. The molecule has 1 aliphatic rings. The van der Waals surface area contributed by atoms with E-state index < -0.39 is 0 Å². The molecule has 1 aromatic carbocycles. The fourth-order valence-electron chi connectivity index (χ4n) is 2.87. The Morgan fingerprint density at radius 1 is 1.42 bits per heavy atom. The maximum absolute atomic E-state index is 12.5. The van der Waals surface area contributed by atoms with Gasteiger partial charge in [-0.3, -0.25) is 0 Å². The number of benzene rings is 1. The Kier molecular flexibility index (Phi) is 5.06. The first-order chi connectivity index (χ1) is 11.6. The van der Waals surface area contributed by atoms with E-state index in [4.69, 9.17) is 5.26 Å². The van der Waals surface area contributed by atoms with Crippen LogP contribution in [0.5, 0.6) is 0 Å². The first-order valence-corrected chi connectivity index (χ1v) is 9.08. The van der Waals surface area contributed by atoms with E-state index in [1.807, 2.05) is 18.2 Å². The number of hydrogen-bond donors (Lipinski definition) is 1. The summed E-state index contributed by atoms with van der Waals surface area (Å²) in [6.07, 6.45) is 3.12. The normalized spacial score (nSPS) is 16.8. The molecule has 0 aliphatic carbocycles. The summed E-state index contributed by atoms with van der Waals surface area (Å²) in [7, 11) is 0. The van der Waals surface area contributed by atoms with Crippen molar-refractivity contribution in [1.82, 2.24) is 15.2 Å². The summed E-state index contributed by atoms with van der Waals surface area (Å²) in [5.74, 6) is -0.523. The Labute approximate surface area is 154 Å². The Morgan fingerprint density at radius 3 is 3.04 bits per heavy atom. The Morgan fingerprint density at radius 2 is 2.25 bits per heavy atom. The molecule has 2 amide bonds. The molecule has 24 heavy (non-hydrogen) atoms. The molecule has 6 nitrogen and oxygen atoms in total. The number of nitriles is 1. The van der Waals surface area contributed by atoms with Crippen LogP contribution >= 0.6 is 0 Å². The molecule has 2 heterocycles. The second-order valence-corrected chi connectivity index (χ2v) is 7.27. The third-order valence-electron chi connectivity index (χ3n) is 4.07. The van der Waals surface area contributed by atoms with Gasteiger partial charge in [0.2, 0.25) is 0 Å². The first-order valence-electron chi connectivity index (χ1n) is 7.61. The van der Waals surface area contributed by atoms with Gasteiger partial charge in [-0.1, -0.05) is 0 Å². The van der Waals surface area contributed by atoms with Crippen molar-refractivity contribution in [1.29, 1.82) is 5.26 Å². The molecule has 0 bridgehead atoms. The minimum atomic E-state index is -0.374. The molecule has 1 atom stereocenters. The quantitative estimate of drug-likeness (QED) is 0.649. The molecule has 0 saturated carbocycles. The van der Waals surface area contributed by atoms with Crippen LogP contribution in [0.3, 0.4) is 0 Å². The number of carbonyl (C=O) groups excluding carboxylic acids is 2. The molecule has 1 unspecified atom stereocenters. The average molecular weight is 517 g/mol. The zero-order valence-corrected chi connectivity index (χ0v) is 15.8. The number of amides is 2. The number of fused-ring (bicyclic) bond motifs is 1. The van der Waals surface area contributed by atoms with Crippen molar-refractivity contribution in [3.05, 3.63) is 36.0 Å². The van der Waals surface area contributed by atoms with Crippen LogP contribution < -0.4 is 8.59 Å².